The van der Waals surface area contributed by atoms with Gasteiger partial charge in [-0.25, -0.2) is 0 Å². The molecule has 1 unspecified atom stereocenters. The van der Waals surface area contributed by atoms with Crippen LogP contribution in [0.25, 0.3) is 6.08 Å². The van der Waals surface area contributed by atoms with Crippen molar-refractivity contribution in [1.82, 2.24) is 0 Å². The van der Waals surface area contributed by atoms with Crippen molar-refractivity contribution in [2.75, 3.05) is 0 Å². The molecule has 0 aromatic heterocycles. The summed E-state index contributed by atoms with van der Waals surface area (Å²) in [5.41, 5.74) is 1.25. The van der Waals surface area contributed by atoms with Crippen molar-refractivity contribution in [2.24, 2.45) is 0 Å². The predicted octanol–water partition coefficient (Wildman–Crippen LogP) is 6.82. The Hall–Kier alpha value is -1.27. The fourth-order valence-corrected chi connectivity index (χ4v) is 2.64. The van der Waals surface area contributed by atoms with Gasteiger partial charge in [-0.05, 0) is 17.2 Å². The van der Waals surface area contributed by atoms with Gasteiger partial charge in [-0.15, -0.1) is 0 Å². The van der Waals surface area contributed by atoms with Gasteiger partial charge in [0.25, 0.3) is 0 Å². The Morgan fingerprint density at radius 2 is 1.62 bits per heavy atom. The van der Waals surface area contributed by atoms with Gasteiger partial charge in [0.05, 0.1) is 0 Å². The molecule has 7 heteroatoms. The molecule has 1 aliphatic rings. The Balaban J connectivity index is 2.18. The number of hydrogen-bond donors (Lipinski definition) is 0. The Morgan fingerprint density at radius 1 is 1.00 bits per heavy atom. The molecule has 0 bridgehead atoms. The number of rotatable bonds is 3. The summed E-state index contributed by atoms with van der Waals surface area (Å²) in [5.74, 6) is 0. The maximum absolute atomic E-state index is 12.8. The molecule has 0 saturated carbocycles. The van der Waals surface area contributed by atoms with Gasteiger partial charge in [-0.1, -0.05) is 85.7 Å². The summed E-state index contributed by atoms with van der Waals surface area (Å²) >= 11 is 5.14. The SMILES string of the molecule is FS(F)(F)(F)(F)C1(Cl)C=CC(C=Cc2ccccc2)=CC1. The quantitative estimate of drug-likeness (QED) is 0.417. The average Bonchev–Trinajstić information content (AvgIpc) is 2.36. The molecule has 2 rings (SSSR count). The van der Waals surface area contributed by atoms with E-state index in [0.717, 1.165) is 17.7 Å². The third kappa shape index (κ3) is 3.49. The van der Waals surface area contributed by atoms with Crippen molar-refractivity contribution in [1.29, 1.82) is 0 Å². The van der Waals surface area contributed by atoms with Crippen LogP contribution >= 0.6 is 21.8 Å². The molecule has 1 aliphatic carbocycles. The molecule has 0 spiro atoms. The standard InChI is InChI=1S/C14H12ClF5S/c15-14(21(16,17,18,19)20)10-8-13(9-11-14)7-6-12-4-2-1-3-5-12/h1-10H,11H2. The highest BCUT2D eigenvalue weighted by atomic mass is 35.5. The van der Waals surface area contributed by atoms with E-state index in [1.165, 1.54) is 0 Å². The second-order valence-corrected chi connectivity index (χ2v) is 8.31. The number of halogens is 6. The molecule has 0 heterocycles. The minimum absolute atomic E-state index is 0.334. The lowest BCUT2D eigenvalue weighted by Crippen LogP contribution is -2.34. The fourth-order valence-electron chi connectivity index (χ4n) is 1.78. The van der Waals surface area contributed by atoms with Gasteiger partial charge in [0.15, 0.2) is 0 Å². The molecule has 0 fully saturated rings. The van der Waals surface area contributed by atoms with E-state index >= 15 is 0 Å². The normalized spacial score (nSPS) is 26.3. The molecule has 0 saturated heterocycles. The second kappa shape index (κ2) is 4.36. The third-order valence-electron chi connectivity index (χ3n) is 3.05. The summed E-state index contributed by atoms with van der Waals surface area (Å²) in [7, 11) is -9.80. The van der Waals surface area contributed by atoms with Gasteiger partial charge in [0.2, 0.25) is 4.21 Å². The summed E-state index contributed by atoms with van der Waals surface area (Å²) in [6, 6.07) is 9.06. The van der Waals surface area contributed by atoms with Gasteiger partial charge in [0.1, 0.15) is 0 Å². The molecule has 0 amide bonds. The van der Waals surface area contributed by atoms with Crippen LogP contribution in [0, 0.1) is 0 Å². The summed E-state index contributed by atoms with van der Waals surface area (Å²) in [6.07, 6.45) is 4.60. The van der Waals surface area contributed by atoms with Crippen molar-refractivity contribution < 1.29 is 19.4 Å². The maximum Gasteiger partial charge on any atom is 0.306 e. The highest BCUT2D eigenvalue weighted by molar-refractivity contribution is 8.47. The summed E-state index contributed by atoms with van der Waals surface area (Å²) in [5, 5.41) is 0. The molecule has 1 aromatic carbocycles. The second-order valence-electron chi connectivity index (χ2n) is 4.74. The van der Waals surface area contributed by atoms with Crippen LogP contribution in [0.5, 0.6) is 0 Å². The first kappa shape index (κ1) is 16.1. The number of alkyl halides is 1. The molecule has 1 aromatic rings. The summed E-state index contributed by atoms with van der Waals surface area (Å²) in [6.45, 7) is 0. The minimum atomic E-state index is -9.80. The molecule has 1 atom stereocenters. The highest BCUT2D eigenvalue weighted by Gasteiger charge is 2.77. The summed E-state index contributed by atoms with van der Waals surface area (Å²) < 4.78 is 60.6. The fraction of sp³-hybridized carbons (Fsp3) is 0.143. The first-order valence-electron chi connectivity index (χ1n) is 5.95. The number of hydrogen-bond acceptors (Lipinski definition) is 0. The average molecular weight is 343 g/mol. The van der Waals surface area contributed by atoms with Gasteiger partial charge in [-0.2, -0.15) is 0 Å². The molecule has 0 aliphatic heterocycles. The molecular formula is C14H12ClF5S. The molecule has 21 heavy (non-hydrogen) atoms. The van der Waals surface area contributed by atoms with Crippen LogP contribution in [0.1, 0.15) is 12.0 Å². The van der Waals surface area contributed by atoms with Crippen LogP contribution in [0.2, 0.25) is 0 Å². The van der Waals surface area contributed by atoms with Gasteiger partial charge in [-0.3, -0.25) is 0 Å². The van der Waals surface area contributed by atoms with E-state index in [2.05, 4.69) is 0 Å². The van der Waals surface area contributed by atoms with Gasteiger partial charge in [0, 0.05) is 6.42 Å². The van der Waals surface area contributed by atoms with Crippen molar-refractivity contribution >= 4 is 27.9 Å². The van der Waals surface area contributed by atoms with E-state index in [1.807, 2.05) is 30.3 Å². The lowest BCUT2D eigenvalue weighted by Gasteiger charge is -2.51. The van der Waals surface area contributed by atoms with E-state index in [-0.39, 0.29) is 0 Å². The van der Waals surface area contributed by atoms with Crippen molar-refractivity contribution in [3.8, 4) is 0 Å². The number of benzene rings is 1. The van der Waals surface area contributed by atoms with Crippen LogP contribution in [-0.4, -0.2) is 4.21 Å². The first-order valence-corrected chi connectivity index (χ1v) is 8.28. The van der Waals surface area contributed by atoms with Crippen molar-refractivity contribution in [3.63, 3.8) is 0 Å². The molecule has 116 valence electrons. The summed E-state index contributed by atoms with van der Waals surface area (Å²) in [4.78, 5) is 0. The Bertz CT molecular complexity index is 630. The first-order chi connectivity index (χ1) is 9.40. The third-order valence-corrected chi connectivity index (χ3v) is 5.79. The number of allylic oxidation sites excluding steroid dienone is 4. The van der Waals surface area contributed by atoms with Crippen LogP contribution in [0.4, 0.5) is 19.4 Å². The Morgan fingerprint density at radius 3 is 2.10 bits per heavy atom. The largest absolute Gasteiger partial charge is 0.306 e. The Kier molecular flexibility index (Phi) is 3.35. The highest BCUT2D eigenvalue weighted by Crippen LogP contribution is 3.05. The van der Waals surface area contributed by atoms with Crippen LogP contribution in [-0.2, 0) is 0 Å². The van der Waals surface area contributed by atoms with E-state index < -0.39 is 20.9 Å². The van der Waals surface area contributed by atoms with Crippen molar-refractivity contribution in [2.45, 2.75) is 10.6 Å². The lowest BCUT2D eigenvalue weighted by atomic mass is 10.0. The van der Waals surface area contributed by atoms with Gasteiger partial charge >= 0.3 is 10.2 Å². The van der Waals surface area contributed by atoms with E-state index in [9.17, 15) is 19.4 Å². The van der Waals surface area contributed by atoms with E-state index in [4.69, 9.17) is 11.6 Å². The maximum atomic E-state index is 12.8. The minimum Gasteiger partial charge on any atom is -0.0958 e. The zero-order chi connectivity index (χ0) is 15.8. The zero-order valence-corrected chi connectivity index (χ0v) is 12.2. The monoisotopic (exact) mass is 342 g/mol. The molecule has 0 nitrogen and oxygen atoms in total. The molecule has 0 N–H and O–H groups in total. The zero-order valence-electron chi connectivity index (χ0n) is 10.7. The van der Waals surface area contributed by atoms with Crippen LogP contribution in [0.3, 0.4) is 0 Å². The predicted molar refractivity (Wildman–Crippen MR) is 79.0 cm³/mol. The lowest BCUT2D eigenvalue weighted by molar-refractivity contribution is 0.342. The molecule has 0 radical (unpaired) electrons. The van der Waals surface area contributed by atoms with E-state index in [1.54, 1.807) is 12.2 Å². The smallest absolute Gasteiger partial charge is 0.0958 e. The van der Waals surface area contributed by atoms with Crippen LogP contribution < -0.4 is 0 Å². The topological polar surface area (TPSA) is 0 Å². The van der Waals surface area contributed by atoms with Gasteiger partial charge < -0.3 is 0 Å². The van der Waals surface area contributed by atoms with Crippen LogP contribution in [0.15, 0.2) is 60.2 Å². The Labute approximate surface area is 124 Å². The molecular weight excluding hydrogens is 331 g/mol. The van der Waals surface area contributed by atoms with Crippen molar-refractivity contribution in [3.05, 3.63) is 65.8 Å². The van der Waals surface area contributed by atoms with E-state index in [0.29, 0.717) is 11.6 Å².